The average molecular weight is 198 g/mol. The lowest BCUT2D eigenvalue weighted by atomic mass is 10.0. The molecule has 1 atom stereocenters. The summed E-state index contributed by atoms with van der Waals surface area (Å²) in [5.41, 5.74) is 7.07. The summed E-state index contributed by atoms with van der Waals surface area (Å²) in [7, 11) is 0. The Kier molecular flexibility index (Phi) is 3.09. The molecule has 1 unspecified atom stereocenters. The molecule has 0 aliphatic heterocycles. The molecule has 1 aromatic rings. The van der Waals surface area contributed by atoms with E-state index in [4.69, 9.17) is 5.73 Å². The predicted molar refractivity (Wildman–Crippen MR) is 58.1 cm³/mol. The molecule has 0 spiro atoms. The van der Waals surface area contributed by atoms with Crippen LogP contribution in [0.5, 0.6) is 0 Å². The molecular weight excluding hydrogens is 180 g/mol. The van der Waals surface area contributed by atoms with E-state index < -0.39 is 0 Å². The van der Waals surface area contributed by atoms with E-state index in [1.807, 2.05) is 6.92 Å². The van der Waals surface area contributed by atoms with Crippen LogP contribution in [0.4, 0.5) is 0 Å². The van der Waals surface area contributed by atoms with E-state index in [1.54, 1.807) is 11.3 Å². The zero-order valence-electron chi connectivity index (χ0n) is 8.85. The highest BCUT2D eigenvalue weighted by atomic mass is 32.1. The Labute approximate surface area is 84.2 Å². The van der Waals surface area contributed by atoms with Crippen molar-refractivity contribution in [2.75, 3.05) is 0 Å². The summed E-state index contributed by atoms with van der Waals surface area (Å²) >= 11 is 1.73. The van der Waals surface area contributed by atoms with Gasteiger partial charge in [-0.05, 0) is 26.7 Å². The van der Waals surface area contributed by atoms with Crippen molar-refractivity contribution >= 4 is 11.3 Å². The fourth-order valence-corrected chi connectivity index (χ4v) is 2.28. The van der Waals surface area contributed by atoms with Crippen molar-refractivity contribution in [1.29, 1.82) is 0 Å². The molecule has 0 saturated heterocycles. The number of thiazole rings is 1. The lowest BCUT2D eigenvalue weighted by molar-refractivity contribution is 0.472. The van der Waals surface area contributed by atoms with Crippen molar-refractivity contribution in [1.82, 2.24) is 4.98 Å². The van der Waals surface area contributed by atoms with Gasteiger partial charge in [-0.25, -0.2) is 4.98 Å². The Bertz CT molecular complexity index is 289. The van der Waals surface area contributed by atoms with E-state index in [1.165, 1.54) is 10.6 Å². The predicted octanol–water partition coefficient (Wildman–Crippen LogP) is 2.60. The fraction of sp³-hybridized carbons (Fsp3) is 0.700. The zero-order chi connectivity index (χ0) is 10.1. The summed E-state index contributed by atoms with van der Waals surface area (Å²) in [5, 5.41) is 1.07. The molecule has 3 heteroatoms. The topological polar surface area (TPSA) is 38.9 Å². The largest absolute Gasteiger partial charge is 0.320 e. The first-order valence-corrected chi connectivity index (χ1v) is 5.58. The van der Waals surface area contributed by atoms with Gasteiger partial charge in [-0.3, -0.25) is 0 Å². The van der Waals surface area contributed by atoms with Crippen LogP contribution in [-0.4, -0.2) is 4.98 Å². The van der Waals surface area contributed by atoms with Gasteiger partial charge in [0.25, 0.3) is 0 Å². The fourth-order valence-electron chi connectivity index (χ4n) is 1.15. The van der Waals surface area contributed by atoms with Crippen molar-refractivity contribution in [3.05, 3.63) is 15.6 Å². The second kappa shape index (κ2) is 3.76. The van der Waals surface area contributed by atoms with Crippen LogP contribution < -0.4 is 5.73 Å². The molecule has 0 aromatic carbocycles. The smallest absolute Gasteiger partial charge is 0.113 e. The van der Waals surface area contributed by atoms with E-state index in [0.717, 1.165) is 17.8 Å². The molecule has 0 bridgehead atoms. The van der Waals surface area contributed by atoms with E-state index in [0.29, 0.717) is 0 Å². The van der Waals surface area contributed by atoms with Crippen LogP contribution in [0.15, 0.2) is 0 Å². The molecule has 2 nitrogen and oxygen atoms in total. The maximum absolute atomic E-state index is 6.12. The molecule has 1 rings (SSSR count). The number of nitrogens with zero attached hydrogens (tertiary/aromatic N) is 1. The zero-order valence-corrected chi connectivity index (χ0v) is 9.66. The van der Waals surface area contributed by atoms with Crippen LogP contribution in [0, 0.1) is 6.92 Å². The second-order valence-electron chi connectivity index (χ2n) is 3.65. The molecular formula is C10H18N2S. The number of aromatic nitrogens is 1. The highest BCUT2D eigenvalue weighted by molar-refractivity contribution is 7.11. The van der Waals surface area contributed by atoms with Crippen molar-refractivity contribution in [2.24, 2.45) is 5.73 Å². The number of nitrogens with two attached hydrogens (primary N) is 1. The lowest BCUT2D eigenvalue weighted by Crippen LogP contribution is -2.31. The molecule has 0 aliphatic carbocycles. The van der Waals surface area contributed by atoms with Crippen LogP contribution in [0.1, 0.15) is 42.8 Å². The van der Waals surface area contributed by atoms with Gasteiger partial charge >= 0.3 is 0 Å². The first-order valence-electron chi connectivity index (χ1n) is 4.77. The van der Waals surface area contributed by atoms with E-state index in [2.05, 4.69) is 25.8 Å². The second-order valence-corrected chi connectivity index (χ2v) is 4.85. The molecule has 1 heterocycles. The van der Waals surface area contributed by atoms with Crippen molar-refractivity contribution < 1.29 is 0 Å². The number of rotatable bonds is 3. The van der Waals surface area contributed by atoms with Crippen molar-refractivity contribution in [2.45, 2.75) is 46.1 Å². The SMILES string of the molecule is CCc1nc(C(C)(N)CC)sc1C. The van der Waals surface area contributed by atoms with E-state index in [-0.39, 0.29) is 5.54 Å². The third-order valence-corrected chi connectivity index (χ3v) is 3.74. The summed E-state index contributed by atoms with van der Waals surface area (Å²) in [5.74, 6) is 0. The molecule has 2 N–H and O–H groups in total. The maximum Gasteiger partial charge on any atom is 0.113 e. The standard InChI is InChI=1S/C10H18N2S/c1-5-8-7(3)13-9(12-8)10(4,11)6-2/h5-6,11H2,1-4H3. The van der Waals surface area contributed by atoms with Gasteiger partial charge in [-0.1, -0.05) is 13.8 Å². The molecule has 0 fully saturated rings. The Balaban J connectivity index is 3.03. The summed E-state index contributed by atoms with van der Waals surface area (Å²) in [6.07, 6.45) is 1.94. The molecule has 0 aliphatic rings. The van der Waals surface area contributed by atoms with Gasteiger partial charge in [0.05, 0.1) is 11.2 Å². The summed E-state index contributed by atoms with van der Waals surface area (Å²) in [6.45, 7) is 8.39. The minimum Gasteiger partial charge on any atom is -0.320 e. The Morgan fingerprint density at radius 1 is 1.46 bits per heavy atom. The van der Waals surface area contributed by atoms with Crippen LogP contribution >= 0.6 is 11.3 Å². The van der Waals surface area contributed by atoms with Gasteiger partial charge in [0.1, 0.15) is 5.01 Å². The van der Waals surface area contributed by atoms with Crippen LogP contribution in [0.2, 0.25) is 0 Å². The molecule has 13 heavy (non-hydrogen) atoms. The van der Waals surface area contributed by atoms with Gasteiger partial charge < -0.3 is 5.73 Å². The van der Waals surface area contributed by atoms with Gasteiger partial charge in [0, 0.05) is 4.88 Å². The highest BCUT2D eigenvalue weighted by Gasteiger charge is 2.23. The minimum absolute atomic E-state index is 0.247. The van der Waals surface area contributed by atoms with Crippen LogP contribution in [-0.2, 0) is 12.0 Å². The van der Waals surface area contributed by atoms with E-state index >= 15 is 0 Å². The molecule has 1 aromatic heterocycles. The molecule has 0 radical (unpaired) electrons. The quantitative estimate of drug-likeness (QED) is 0.810. The Morgan fingerprint density at radius 2 is 2.08 bits per heavy atom. The summed E-state index contributed by atoms with van der Waals surface area (Å²) in [4.78, 5) is 5.87. The van der Waals surface area contributed by atoms with Crippen molar-refractivity contribution in [3.63, 3.8) is 0 Å². The van der Waals surface area contributed by atoms with Crippen LogP contribution in [0.25, 0.3) is 0 Å². The van der Waals surface area contributed by atoms with Gasteiger partial charge in [-0.15, -0.1) is 11.3 Å². The number of aryl methyl sites for hydroxylation is 2. The third-order valence-electron chi connectivity index (χ3n) is 2.45. The third kappa shape index (κ3) is 2.09. The molecule has 0 amide bonds. The maximum atomic E-state index is 6.12. The van der Waals surface area contributed by atoms with Gasteiger partial charge in [0.15, 0.2) is 0 Å². The molecule has 0 saturated carbocycles. The monoisotopic (exact) mass is 198 g/mol. The van der Waals surface area contributed by atoms with Crippen molar-refractivity contribution in [3.8, 4) is 0 Å². The Morgan fingerprint density at radius 3 is 2.46 bits per heavy atom. The highest BCUT2D eigenvalue weighted by Crippen LogP contribution is 2.28. The van der Waals surface area contributed by atoms with Gasteiger partial charge in [-0.2, -0.15) is 0 Å². The van der Waals surface area contributed by atoms with Gasteiger partial charge in [0.2, 0.25) is 0 Å². The first-order chi connectivity index (χ1) is 6.01. The lowest BCUT2D eigenvalue weighted by Gasteiger charge is -2.18. The Hall–Kier alpha value is -0.410. The average Bonchev–Trinajstić information content (AvgIpc) is 2.47. The minimum atomic E-state index is -0.247. The molecule has 74 valence electrons. The first kappa shape index (κ1) is 10.7. The van der Waals surface area contributed by atoms with E-state index in [9.17, 15) is 0 Å². The number of hydrogen-bond acceptors (Lipinski definition) is 3. The summed E-state index contributed by atoms with van der Waals surface area (Å²) < 4.78 is 0. The van der Waals surface area contributed by atoms with Crippen LogP contribution in [0.3, 0.4) is 0 Å². The summed E-state index contributed by atoms with van der Waals surface area (Å²) in [6, 6.07) is 0. The number of hydrogen-bond donors (Lipinski definition) is 1. The normalized spacial score (nSPS) is 15.8.